The molecule has 2 aliphatic rings. The lowest BCUT2D eigenvalue weighted by Gasteiger charge is -2.29. The lowest BCUT2D eigenvalue weighted by Crippen LogP contribution is -2.46. The van der Waals surface area contributed by atoms with Crippen LogP contribution in [0.3, 0.4) is 0 Å². The molecule has 0 radical (unpaired) electrons. The van der Waals surface area contributed by atoms with Crippen molar-refractivity contribution in [1.29, 1.82) is 0 Å². The molecule has 0 aliphatic heterocycles. The lowest BCUT2D eigenvalue weighted by atomic mass is 9.80. The largest absolute Gasteiger partial charge is 0.481 e. The summed E-state index contributed by atoms with van der Waals surface area (Å²) >= 11 is 0. The Balaban J connectivity index is 1.94. The van der Waals surface area contributed by atoms with Gasteiger partial charge in [-0.2, -0.15) is 0 Å². The van der Waals surface area contributed by atoms with E-state index in [0.717, 1.165) is 44.9 Å². The average molecular weight is 282 g/mol. The van der Waals surface area contributed by atoms with Crippen molar-refractivity contribution in [2.45, 2.75) is 63.8 Å². The molecule has 2 atom stereocenters. The van der Waals surface area contributed by atoms with Gasteiger partial charge in [0.05, 0.1) is 11.3 Å². The van der Waals surface area contributed by atoms with Crippen LogP contribution >= 0.6 is 0 Å². The quantitative estimate of drug-likeness (QED) is 0.684. The van der Waals surface area contributed by atoms with Crippen molar-refractivity contribution in [2.75, 3.05) is 6.54 Å². The molecule has 5 nitrogen and oxygen atoms in total. The maximum absolute atomic E-state index is 12.2. The first-order chi connectivity index (χ1) is 9.55. The summed E-state index contributed by atoms with van der Waals surface area (Å²) in [7, 11) is 0. The summed E-state index contributed by atoms with van der Waals surface area (Å²) in [5, 5.41) is 12.4. The van der Waals surface area contributed by atoms with Crippen molar-refractivity contribution < 1.29 is 14.7 Å². The highest BCUT2D eigenvalue weighted by atomic mass is 16.4. The van der Waals surface area contributed by atoms with Gasteiger partial charge in [-0.1, -0.05) is 32.1 Å². The minimum atomic E-state index is -0.769. The highest BCUT2D eigenvalue weighted by molar-refractivity contribution is 5.81. The van der Waals surface area contributed by atoms with E-state index in [1.54, 1.807) is 0 Å². The standard InChI is InChI=1S/C15H26N2O3/c16-12-7-5-6-11(12)13(18)17-10-15(14(19)20)8-3-1-2-4-9-15/h11-12H,1-10,16H2,(H,17,18)(H,19,20). The van der Waals surface area contributed by atoms with Crippen LogP contribution in [0.2, 0.25) is 0 Å². The monoisotopic (exact) mass is 282 g/mol. The van der Waals surface area contributed by atoms with E-state index in [0.29, 0.717) is 12.8 Å². The SMILES string of the molecule is NC1CCCC1C(=O)NCC1(C(=O)O)CCCCCC1. The van der Waals surface area contributed by atoms with Crippen LogP contribution in [-0.4, -0.2) is 29.6 Å². The summed E-state index contributed by atoms with van der Waals surface area (Å²) in [6.07, 6.45) is 8.10. The van der Waals surface area contributed by atoms with E-state index in [-0.39, 0.29) is 24.4 Å². The molecule has 0 aromatic rings. The zero-order valence-corrected chi connectivity index (χ0v) is 12.1. The molecule has 2 aliphatic carbocycles. The predicted octanol–water partition coefficient (Wildman–Crippen LogP) is 1.66. The molecule has 1 amide bonds. The fraction of sp³-hybridized carbons (Fsp3) is 0.867. The van der Waals surface area contributed by atoms with E-state index in [1.165, 1.54) is 0 Å². The van der Waals surface area contributed by atoms with Gasteiger partial charge in [-0.05, 0) is 25.7 Å². The summed E-state index contributed by atoms with van der Waals surface area (Å²) in [5.74, 6) is -0.957. The second kappa shape index (κ2) is 6.57. The number of nitrogens with two attached hydrogens (primary N) is 1. The van der Waals surface area contributed by atoms with Crippen LogP contribution < -0.4 is 11.1 Å². The Labute approximate surface area is 120 Å². The molecule has 0 heterocycles. The summed E-state index contributed by atoms with van der Waals surface area (Å²) in [5.41, 5.74) is 5.16. The molecule has 2 rings (SSSR count). The first-order valence-electron chi connectivity index (χ1n) is 7.82. The number of hydrogen-bond donors (Lipinski definition) is 3. The number of amides is 1. The van der Waals surface area contributed by atoms with Gasteiger partial charge >= 0.3 is 5.97 Å². The molecule has 0 aromatic heterocycles. The van der Waals surface area contributed by atoms with Gasteiger partial charge in [0.1, 0.15) is 0 Å². The van der Waals surface area contributed by atoms with Gasteiger partial charge in [0, 0.05) is 12.6 Å². The zero-order chi connectivity index (χ0) is 14.6. The normalized spacial score (nSPS) is 29.6. The van der Waals surface area contributed by atoms with Crippen LogP contribution in [0.4, 0.5) is 0 Å². The van der Waals surface area contributed by atoms with Crippen molar-refractivity contribution >= 4 is 11.9 Å². The Bertz CT molecular complexity index is 362. The van der Waals surface area contributed by atoms with Gasteiger partial charge in [-0.15, -0.1) is 0 Å². The molecule has 4 N–H and O–H groups in total. The Morgan fingerprint density at radius 3 is 2.25 bits per heavy atom. The van der Waals surface area contributed by atoms with Crippen molar-refractivity contribution in [3.63, 3.8) is 0 Å². The van der Waals surface area contributed by atoms with E-state index in [1.807, 2.05) is 0 Å². The van der Waals surface area contributed by atoms with Crippen LogP contribution in [0.25, 0.3) is 0 Å². The van der Waals surface area contributed by atoms with Crippen LogP contribution in [-0.2, 0) is 9.59 Å². The third-order valence-corrected chi connectivity index (χ3v) is 5.02. The summed E-state index contributed by atoms with van der Waals surface area (Å²) in [6, 6.07) is -0.0649. The minimum absolute atomic E-state index is 0.0557. The third kappa shape index (κ3) is 3.32. The highest BCUT2D eigenvalue weighted by Crippen LogP contribution is 2.35. The van der Waals surface area contributed by atoms with Crippen molar-refractivity contribution in [3.05, 3.63) is 0 Å². The number of hydrogen-bond acceptors (Lipinski definition) is 3. The summed E-state index contributed by atoms with van der Waals surface area (Å²) in [4.78, 5) is 23.8. The fourth-order valence-corrected chi connectivity index (χ4v) is 3.57. The van der Waals surface area contributed by atoms with Gasteiger partial charge in [0.2, 0.25) is 5.91 Å². The Hall–Kier alpha value is -1.10. The molecule has 0 bridgehead atoms. The second-order valence-corrected chi connectivity index (χ2v) is 6.42. The molecule has 2 saturated carbocycles. The molecule has 2 unspecified atom stereocenters. The van der Waals surface area contributed by atoms with Crippen molar-refractivity contribution in [3.8, 4) is 0 Å². The molecular weight excluding hydrogens is 256 g/mol. The lowest BCUT2D eigenvalue weighted by molar-refractivity contribution is -0.150. The van der Waals surface area contributed by atoms with Crippen LogP contribution in [0.1, 0.15) is 57.8 Å². The molecule has 5 heteroatoms. The van der Waals surface area contributed by atoms with Crippen molar-refractivity contribution in [1.82, 2.24) is 5.32 Å². The number of aliphatic carboxylic acids is 1. The summed E-state index contributed by atoms with van der Waals surface area (Å²) in [6.45, 7) is 0.254. The minimum Gasteiger partial charge on any atom is -0.481 e. The number of carbonyl (C=O) groups excluding carboxylic acids is 1. The third-order valence-electron chi connectivity index (χ3n) is 5.02. The maximum atomic E-state index is 12.2. The molecule has 20 heavy (non-hydrogen) atoms. The van der Waals surface area contributed by atoms with Crippen LogP contribution in [0.15, 0.2) is 0 Å². The van der Waals surface area contributed by atoms with Crippen molar-refractivity contribution in [2.24, 2.45) is 17.1 Å². The smallest absolute Gasteiger partial charge is 0.311 e. The molecule has 0 saturated heterocycles. The number of carbonyl (C=O) groups is 2. The summed E-state index contributed by atoms with van der Waals surface area (Å²) < 4.78 is 0. The Morgan fingerprint density at radius 1 is 1.10 bits per heavy atom. The predicted molar refractivity (Wildman–Crippen MR) is 76.1 cm³/mol. The Morgan fingerprint density at radius 2 is 1.75 bits per heavy atom. The number of carboxylic acids is 1. The molecule has 2 fully saturated rings. The van der Waals surface area contributed by atoms with Crippen LogP contribution in [0, 0.1) is 11.3 Å². The van der Waals surface area contributed by atoms with E-state index in [4.69, 9.17) is 5.73 Å². The first kappa shape index (κ1) is 15.3. The second-order valence-electron chi connectivity index (χ2n) is 6.42. The van der Waals surface area contributed by atoms with Gasteiger partial charge < -0.3 is 16.2 Å². The average Bonchev–Trinajstić information content (AvgIpc) is 2.71. The van der Waals surface area contributed by atoms with Gasteiger partial charge in [0.25, 0.3) is 0 Å². The van der Waals surface area contributed by atoms with Gasteiger partial charge in [0.15, 0.2) is 0 Å². The van der Waals surface area contributed by atoms with E-state index in [9.17, 15) is 14.7 Å². The van der Waals surface area contributed by atoms with Crippen LogP contribution in [0.5, 0.6) is 0 Å². The number of nitrogens with one attached hydrogen (secondary N) is 1. The molecular formula is C15H26N2O3. The molecule has 0 aromatic carbocycles. The maximum Gasteiger partial charge on any atom is 0.311 e. The fourth-order valence-electron chi connectivity index (χ4n) is 3.57. The van der Waals surface area contributed by atoms with E-state index in [2.05, 4.69) is 5.32 Å². The zero-order valence-electron chi connectivity index (χ0n) is 12.1. The highest BCUT2D eigenvalue weighted by Gasteiger charge is 2.40. The number of carboxylic acid groups (broad SMARTS) is 1. The first-order valence-corrected chi connectivity index (χ1v) is 7.82. The number of rotatable bonds is 4. The van der Waals surface area contributed by atoms with E-state index < -0.39 is 11.4 Å². The van der Waals surface area contributed by atoms with Gasteiger partial charge in [-0.25, -0.2) is 0 Å². The van der Waals surface area contributed by atoms with Gasteiger partial charge in [-0.3, -0.25) is 9.59 Å². The Kier molecular flexibility index (Phi) is 5.02. The van der Waals surface area contributed by atoms with E-state index >= 15 is 0 Å². The molecule has 114 valence electrons. The topological polar surface area (TPSA) is 92.4 Å². The molecule has 0 spiro atoms.